The van der Waals surface area contributed by atoms with Crippen molar-refractivity contribution in [2.24, 2.45) is 0 Å². The Bertz CT molecular complexity index is 1060. The predicted molar refractivity (Wildman–Crippen MR) is 105 cm³/mol. The average molecular weight is 382 g/mol. The van der Waals surface area contributed by atoms with Gasteiger partial charge < -0.3 is 20.7 Å². The third kappa shape index (κ3) is 3.03. The van der Waals surface area contributed by atoms with Crippen LogP contribution in [-0.4, -0.2) is 32.5 Å². The van der Waals surface area contributed by atoms with E-state index >= 15 is 0 Å². The van der Waals surface area contributed by atoms with Crippen LogP contribution in [-0.2, 0) is 4.79 Å². The third-order valence-corrected chi connectivity index (χ3v) is 5.38. The largest absolute Gasteiger partial charge is 0.474 e. The van der Waals surface area contributed by atoms with E-state index in [-0.39, 0.29) is 5.91 Å². The van der Waals surface area contributed by atoms with Crippen molar-refractivity contribution in [3.63, 3.8) is 0 Å². The summed E-state index contributed by atoms with van der Waals surface area (Å²) in [5, 5.41) is 11.4. The number of pyridine rings is 1. The normalized spacial score (nSPS) is 17.8. The number of nitrogens with zero attached hydrogens (tertiary/aromatic N) is 3. The van der Waals surface area contributed by atoms with E-state index in [2.05, 4.69) is 30.9 Å². The number of hydrogen-bond acceptors (Lipinski definition) is 8. The molecular weight excluding hydrogens is 364 g/mol. The van der Waals surface area contributed by atoms with E-state index in [1.165, 1.54) is 12.8 Å². The van der Waals surface area contributed by atoms with Crippen molar-refractivity contribution in [1.82, 2.24) is 15.0 Å². The van der Waals surface area contributed by atoms with E-state index in [1.54, 1.807) is 37.4 Å². The third-order valence-electron chi connectivity index (χ3n) is 4.47. The first-order valence-corrected chi connectivity index (χ1v) is 9.65. The standard InChI is InChI=1S/C18H18N6O2S/c1-18(2)16(25)23-14-12(26-18)7-10(8-19-14)21-17-22-11-5-6-27-13(11)15(24-17)20-9-3-4-9/h5-9H,3-4H2,1-2H3,(H,19,23,25)(H2,20,21,22,24). The van der Waals surface area contributed by atoms with Crippen molar-refractivity contribution in [3.05, 3.63) is 23.7 Å². The summed E-state index contributed by atoms with van der Waals surface area (Å²) in [6.45, 7) is 3.43. The average Bonchev–Trinajstić information content (AvgIpc) is 3.29. The highest BCUT2D eigenvalue weighted by Crippen LogP contribution is 2.35. The van der Waals surface area contributed by atoms with Crippen molar-refractivity contribution >= 4 is 50.7 Å². The molecule has 0 unspecified atom stereocenters. The summed E-state index contributed by atoms with van der Waals surface area (Å²) in [5.41, 5.74) is 0.643. The summed E-state index contributed by atoms with van der Waals surface area (Å²) in [6.07, 6.45) is 3.97. The highest BCUT2D eigenvalue weighted by Gasteiger charge is 2.36. The second kappa shape index (κ2) is 5.78. The molecule has 1 aliphatic heterocycles. The van der Waals surface area contributed by atoms with Crippen LogP contribution in [0.4, 0.5) is 23.3 Å². The fourth-order valence-corrected chi connectivity index (χ4v) is 3.61. The molecule has 1 amide bonds. The van der Waals surface area contributed by atoms with Gasteiger partial charge in [0.1, 0.15) is 5.82 Å². The van der Waals surface area contributed by atoms with Crippen LogP contribution in [0.1, 0.15) is 26.7 Å². The zero-order valence-electron chi connectivity index (χ0n) is 14.9. The Labute approximate surface area is 159 Å². The summed E-state index contributed by atoms with van der Waals surface area (Å²) in [7, 11) is 0. The van der Waals surface area contributed by atoms with Crippen LogP contribution in [0, 0.1) is 0 Å². The number of fused-ring (bicyclic) bond motifs is 2. The number of rotatable bonds is 4. The summed E-state index contributed by atoms with van der Waals surface area (Å²) in [6, 6.07) is 4.28. The molecule has 0 saturated heterocycles. The molecule has 1 fully saturated rings. The molecule has 4 heterocycles. The van der Waals surface area contributed by atoms with Gasteiger partial charge in [0.05, 0.1) is 22.1 Å². The van der Waals surface area contributed by atoms with Gasteiger partial charge in [-0.15, -0.1) is 11.3 Å². The van der Waals surface area contributed by atoms with Crippen LogP contribution in [0.15, 0.2) is 23.7 Å². The van der Waals surface area contributed by atoms with Crippen molar-refractivity contribution in [3.8, 4) is 5.75 Å². The smallest absolute Gasteiger partial charge is 0.269 e. The Morgan fingerprint density at radius 1 is 1.33 bits per heavy atom. The van der Waals surface area contributed by atoms with Gasteiger partial charge >= 0.3 is 0 Å². The summed E-state index contributed by atoms with van der Waals surface area (Å²) >= 11 is 1.63. The molecule has 3 aromatic rings. The van der Waals surface area contributed by atoms with E-state index in [0.717, 1.165) is 16.0 Å². The highest BCUT2D eigenvalue weighted by molar-refractivity contribution is 7.17. The van der Waals surface area contributed by atoms with Gasteiger partial charge in [-0.2, -0.15) is 4.98 Å². The van der Waals surface area contributed by atoms with Crippen molar-refractivity contribution in [2.45, 2.75) is 38.3 Å². The lowest BCUT2D eigenvalue weighted by Gasteiger charge is -2.30. The van der Waals surface area contributed by atoms with E-state index in [9.17, 15) is 4.79 Å². The fourth-order valence-electron chi connectivity index (χ4n) is 2.83. The number of anilines is 4. The highest BCUT2D eigenvalue weighted by atomic mass is 32.1. The Kier molecular flexibility index (Phi) is 3.48. The number of thiophene rings is 1. The fraction of sp³-hybridized carbons (Fsp3) is 0.333. The van der Waals surface area contributed by atoms with E-state index in [1.807, 2.05) is 11.4 Å². The Hall–Kier alpha value is -2.94. The number of aromatic nitrogens is 3. The minimum atomic E-state index is -0.944. The number of hydrogen-bond donors (Lipinski definition) is 3. The number of ether oxygens (including phenoxy) is 1. The van der Waals surface area contributed by atoms with Crippen molar-refractivity contribution < 1.29 is 9.53 Å². The zero-order valence-corrected chi connectivity index (χ0v) is 15.7. The van der Waals surface area contributed by atoms with Gasteiger partial charge in [0.2, 0.25) is 5.95 Å². The quantitative estimate of drug-likeness (QED) is 0.635. The first-order valence-electron chi connectivity index (χ1n) is 8.77. The maximum absolute atomic E-state index is 12.0. The molecular formula is C18H18N6O2S. The molecule has 0 spiro atoms. The van der Waals surface area contributed by atoms with Gasteiger partial charge in [0.15, 0.2) is 17.2 Å². The Morgan fingerprint density at radius 3 is 3.00 bits per heavy atom. The summed E-state index contributed by atoms with van der Waals surface area (Å²) in [4.78, 5) is 25.5. The molecule has 0 atom stereocenters. The van der Waals surface area contributed by atoms with Crippen LogP contribution in [0.25, 0.3) is 10.2 Å². The van der Waals surface area contributed by atoms with Gasteiger partial charge in [-0.3, -0.25) is 4.79 Å². The molecule has 3 N–H and O–H groups in total. The molecule has 138 valence electrons. The van der Waals surface area contributed by atoms with Crippen LogP contribution < -0.4 is 20.7 Å². The molecule has 1 aliphatic carbocycles. The predicted octanol–water partition coefficient (Wildman–Crippen LogP) is 3.51. The molecule has 1 saturated carbocycles. The SMILES string of the molecule is CC1(C)Oc2cc(Nc3nc(NC4CC4)c4sccc4n3)cnc2NC1=O. The topological polar surface area (TPSA) is 101 Å². The van der Waals surface area contributed by atoms with E-state index in [4.69, 9.17) is 4.74 Å². The lowest BCUT2D eigenvalue weighted by Crippen LogP contribution is -2.45. The minimum Gasteiger partial charge on any atom is -0.474 e. The molecule has 27 heavy (non-hydrogen) atoms. The monoisotopic (exact) mass is 382 g/mol. The van der Waals surface area contributed by atoms with E-state index < -0.39 is 5.60 Å². The number of carbonyl (C=O) groups is 1. The molecule has 2 aliphatic rings. The van der Waals surface area contributed by atoms with E-state index in [0.29, 0.717) is 29.2 Å². The van der Waals surface area contributed by atoms with Gasteiger partial charge in [0, 0.05) is 12.1 Å². The summed E-state index contributed by atoms with van der Waals surface area (Å²) in [5.74, 6) is 2.05. The van der Waals surface area contributed by atoms with Crippen LogP contribution >= 0.6 is 11.3 Å². The maximum Gasteiger partial charge on any atom is 0.269 e. The molecule has 0 aromatic carbocycles. The van der Waals surface area contributed by atoms with Gasteiger partial charge in [-0.1, -0.05) is 0 Å². The van der Waals surface area contributed by atoms with Crippen molar-refractivity contribution in [2.75, 3.05) is 16.0 Å². The Balaban J connectivity index is 1.46. The molecule has 0 bridgehead atoms. The van der Waals surface area contributed by atoms with Gasteiger partial charge in [-0.25, -0.2) is 9.97 Å². The number of carbonyl (C=O) groups excluding carboxylic acids is 1. The minimum absolute atomic E-state index is 0.217. The molecule has 0 radical (unpaired) electrons. The summed E-state index contributed by atoms with van der Waals surface area (Å²) < 4.78 is 6.85. The second-order valence-electron chi connectivity index (χ2n) is 7.21. The van der Waals surface area contributed by atoms with Gasteiger partial charge in [0.25, 0.3) is 5.91 Å². The van der Waals surface area contributed by atoms with Crippen molar-refractivity contribution in [1.29, 1.82) is 0 Å². The second-order valence-corrected chi connectivity index (χ2v) is 8.13. The van der Waals surface area contributed by atoms with Crippen LogP contribution in [0.5, 0.6) is 5.75 Å². The molecule has 5 rings (SSSR count). The number of amides is 1. The van der Waals surface area contributed by atoms with Crippen LogP contribution in [0.3, 0.4) is 0 Å². The maximum atomic E-state index is 12.0. The first kappa shape index (κ1) is 16.2. The van der Waals surface area contributed by atoms with Gasteiger partial charge in [-0.05, 0) is 38.1 Å². The lowest BCUT2D eigenvalue weighted by atomic mass is 10.1. The van der Waals surface area contributed by atoms with Crippen LogP contribution in [0.2, 0.25) is 0 Å². The Morgan fingerprint density at radius 2 is 2.19 bits per heavy atom. The lowest BCUT2D eigenvalue weighted by molar-refractivity contribution is -0.129. The molecule has 8 nitrogen and oxygen atoms in total. The first-order chi connectivity index (χ1) is 13.0. The molecule has 9 heteroatoms. The zero-order chi connectivity index (χ0) is 18.6. The number of nitrogens with one attached hydrogen (secondary N) is 3. The molecule has 3 aromatic heterocycles.